The van der Waals surface area contributed by atoms with Crippen LogP contribution in [0.25, 0.3) is 0 Å². The first kappa shape index (κ1) is 12.2. The standard InChI is InChI=1S/C13H20N2O2/c1-2-13(4-6-14-7-5-13)12(16)15-9-11-3-8-17-10-11/h3,8,10,14H,2,4-7,9H2,1H3,(H,15,16). The lowest BCUT2D eigenvalue weighted by Gasteiger charge is -2.35. The SMILES string of the molecule is CCC1(C(=O)NCc2ccoc2)CCNCC1. The van der Waals surface area contributed by atoms with Crippen LogP contribution >= 0.6 is 0 Å². The second kappa shape index (κ2) is 5.36. The molecule has 2 rings (SSSR count). The van der Waals surface area contributed by atoms with E-state index in [2.05, 4.69) is 17.6 Å². The predicted molar refractivity (Wildman–Crippen MR) is 65.4 cm³/mol. The average molecular weight is 236 g/mol. The lowest BCUT2D eigenvalue weighted by molar-refractivity contribution is -0.133. The number of carbonyl (C=O) groups excluding carboxylic acids is 1. The Morgan fingerprint density at radius 2 is 2.29 bits per heavy atom. The van der Waals surface area contributed by atoms with Crippen molar-refractivity contribution in [3.05, 3.63) is 24.2 Å². The zero-order chi connectivity index (χ0) is 12.1. The number of hydrogen-bond donors (Lipinski definition) is 2. The molecule has 1 fully saturated rings. The van der Waals surface area contributed by atoms with E-state index in [-0.39, 0.29) is 11.3 Å². The molecule has 4 nitrogen and oxygen atoms in total. The first-order valence-electron chi connectivity index (χ1n) is 6.27. The smallest absolute Gasteiger partial charge is 0.226 e. The van der Waals surface area contributed by atoms with Crippen molar-refractivity contribution in [1.82, 2.24) is 10.6 Å². The summed E-state index contributed by atoms with van der Waals surface area (Å²) >= 11 is 0. The average Bonchev–Trinajstić information content (AvgIpc) is 2.90. The summed E-state index contributed by atoms with van der Waals surface area (Å²) in [7, 11) is 0. The molecule has 1 aromatic heterocycles. The molecule has 0 atom stereocenters. The molecule has 94 valence electrons. The normalized spacial score (nSPS) is 18.9. The molecule has 4 heteroatoms. The van der Waals surface area contributed by atoms with E-state index in [1.807, 2.05) is 6.07 Å². The summed E-state index contributed by atoms with van der Waals surface area (Å²) in [6, 6.07) is 1.88. The van der Waals surface area contributed by atoms with E-state index in [1.165, 1.54) is 0 Å². The number of rotatable bonds is 4. The highest BCUT2D eigenvalue weighted by molar-refractivity contribution is 5.82. The molecule has 2 N–H and O–H groups in total. The number of nitrogens with one attached hydrogen (secondary N) is 2. The van der Waals surface area contributed by atoms with Crippen LogP contribution in [0.5, 0.6) is 0 Å². The van der Waals surface area contributed by atoms with Crippen LogP contribution in [0.2, 0.25) is 0 Å². The molecule has 0 saturated carbocycles. The summed E-state index contributed by atoms with van der Waals surface area (Å²) in [5, 5.41) is 6.32. The van der Waals surface area contributed by atoms with E-state index < -0.39 is 0 Å². The second-order valence-corrected chi connectivity index (χ2v) is 4.70. The number of furan rings is 1. The molecule has 0 bridgehead atoms. The van der Waals surface area contributed by atoms with E-state index in [4.69, 9.17) is 4.42 Å². The van der Waals surface area contributed by atoms with Gasteiger partial charge in [0.15, 0.2) is 0 Å². The summed E-state index contributed by atoms with van der Waals surface area (Å²) < 4.78 is 4.98. The van der Waals surface area contributed by atoms with Crippen molar-refractivity contribution in [2.24, 2.45) is 5.41 Å². The highest BCUT2D eigenvalue weighted by atomic mass is 16.3. The van der Waals surface area contributed by atoms with Gasteiger partial charge in [0.1, 0.15) is 0 Å². The zero-order valence-corrected chi connectivity index (χ0v) is 10.3. The van der Waals surface area contributed by atoms with Gasteiger partial charge in [0.25, 0.3) is 0 Å². The summed E-state index contributed by atoms with van der Waals surface area (Å²) in [6.07, 6.45) is 6.07. The molecule has 1 saturated heterocycles. The Labute approximate surface area is 102 Å². The quantitative estimate of drug-likeness (QED) is 0.836. The van der Waals surface area contributed by atoms with Crippen LogP contribution in [0.15, 0.2) is 23.0 Å². The summed E-state index contributed by atoms with van der Waals surface area (Å²) in [5.74, 6) is 0.183. The minimum Gasteiger partial charge on any atom is -0.472 e. The van der Waals surface area contributed by atoms with E-state index in [9.17, 15) is 4.79 Å². The van der Waals surface area contributed by atoms with E-state index in [0.29, 0.717) is 6.54 Å². The lowest BCUT2D eigenvalue weighted by atomic mass is 9.76. The molecule has 0 unspecified atom stereocenters. The molecular formula is C13H20N2O2. The maximum Gasteiger partial charge on any atom is 0.226 e. The minimum absolute atomic E-state index is 0.172. The van der Waals surface area contributed by atoms with Crippen LogP contribution in [0.1, 0.15) is 31.7 Å². The molecule has 2 heterocycles. The zero-order valence-electron chi connectivity index (χ0n) is 10.3. The third-order valence-corrected chi connectivity index (χ3v) is 3.75. The van der Waals surface area contributed by atoms with Gasteiger partial charge in [-0.05, 0) is 38.4 Å². The minimum atomic E-state index is -0.172. The van der Waals surface area contributed by atoms with Gasteiger partial charge >= 0.3 is 0 Å². The number of amides is 1. The van der Waals surface area contributed by atoms with Gasteiger partial charge in [-0.2, -0.15) is 0 Å². The number of carbonyl (C=O) groups is 1. The Balaban J connectivity index is 1.93. The van der Waals surface area contributed by atoms with Crippen molar-refractivity contribution in [2.45, 2.75) is 32.7 Å². The molecular weight excluding hydrogens is 216 g/mol. The van der Waals surface area contributed by atoms with Gasteiger partial charge in [0.05, 0.1) is 17.9 Å². The number of hydrogen-bond acceptors (Lipinski definition) is 3. The summed E-state index contributed by atoms with van der Waals surface area (Å²) in [5.41, 5.74) is 0.841. The Hall–Kier alpha value is -1.29. The van der Waals surface area contributed by atoms with Crippen LogP contribution in [0.3, 0.4) is 0 Å². The van der Waals surface area contributed by atoms with Crippen LogP contribution < -0.4 is 10.6 Å². The van der Waals surface area contributed by atoms with Gasteiger partial charge in [-0.3, -0.25) is 4.79 Å². The third-order valence-electron chi connectivity index (χ3n) is 3.75. The summed E-state index contributed by atoms with van der Waals surface area (Å²) in [4.78, 5) is 12.3. The van der Waals surface area contributed by atoms with Gasteiger partial charge in [-0.25, -0.2) is 0 Å². The van der Waals surface area contributed by atoms with Crippen LogP contribution in [0, 0.1) is 5.41 Å². The van der Waals surface area contributed by atoms with E-state index in [0.717, 1.165) is 37.9 Å². The third kappa shape index (κ3) is 2.69. The van der Waals surface area contributed by atoms with Crippen molar-refractivity contribution in [3.63, 3.8) is 0 Å². The van der Waals surface area contributed by atoms with Gasteiger partial charge in [-0.15, -0.1) is 0 Å². The fraction of sp³-hybridized carbons (Fsp3) is 0.615. The van der Waals surface area contributed by atoms with Gasteiger partial charge in [-0.1, -0.05) is 6.92 Å². The molecule has 1 aliphatic rings. The van der Waals surface area contributed by atoms with Crippen molar-refractivity contribution in [1.29, 1.82) is 0 Å². The van der Waals surface area contributed by atoms with Gasteiger partial charge < -0.3 is 15.1 Å². The van der Waals surface area contributed by atoms with Crippen LogP contribution in [-0.4, -0.2) is 19.0 Å². The van der Waals surface area contributed by atoms with Crippen LogP contribution in [0.4, 0.5) is 0 Å². The molecule has 0 aromatic carbocycles. The Morgan fingerprint density at radius 3 is 2.88 bits per heavy atom. The highest BCUT2D eigenvalue weighted by Gasteiger charge is 2.37. The molecule has 1 aliphatic heterocycles. The molecule has 1 aromatic rings. The first-order chi connectivity index (χ1) is 8.27. The molecule has 0 spiro atoms. The van der Waals surface area contributed by atoms with Crippen molar-refractivity contribution in [3.8, 4) is 0 Å². The Morgan fingerprint density at radius 1 is 1.53 bits per heavy atom. The largest absolute Gasteiger partial charge is 0.472 e. The van der Waals surface area contributed by atoms with Crippen molar-refractivity contribution < 1.29 is 9.21 Å². The second-order valence-electron chi connectivity index (χ2n) is 4.70. The van der Waals surface area contributed by atoms with E-state index in [1.54, 1.807) is 12.5 Å². The van der Waals surface area contributed by atoms with Crippen LogP contribution in [-0.2, 0) is 11.3 Å². The molecule has 0 aliphatic carbocycles. The van der Waals surface area contributed by atoms with Gasteiger partial charge in [0, 0.05) is 12.1 Å². The highest BCUT2D eigenvalue weighted by Crippen LogP contribution is 2.32. The maximum atomic E-state index is 12.3. The Bertz CT molecular complexity index is 354. The molecule has 0 radical (unpaired) electrons. The fourth-order valence-corrected chi connectivity index (χ4v) is 2.41. The topological polar surface area (TPSA) is 54.3 Å². The monoisotopic (exact) mass is 236 g/mol. The fourth-order valence-electron chi connectivity index (χ4n) is 2.41. The molecule has 1 amide bonds. The Kier molecular flexibility index (Phi) is 3.84. The maximum absolute atomic E-state index is 12.3. The molecule has 17 heavy (non-hydrogen) atoms. The predicted octanol–water partition coefficient (Wildman–Crippen LogP) is 1.68. The number of piperidine rings is 1. The van der Waals surface area contributed by atoms with Crippen molar-refractivity contribution >= 4 is 5.91 Å². The van der Waals surface area contributed by atoms with Crippen molar-refractivity contribution in [2.75, 3.05) is 13.1 Å². The van der Waals surface area contributed by atoms with E-state index >= 15 is 0 Å². The van der Waals surface area contributed by atoms with Gasteiger partial charge in [0.2, 0.25) is 5.91 Å². The summed E-state index contributed by atoms with van der Waals surface area (Å²) in [6.45, 7) is 4.53. The lowest BCUT2D eigenvalue weighted by Crippen LogP contribution is -2.47. The first-order valence-corrected chi connectivity index (χ1v) is 6.27.